The van der Waals surface area contributed by atoms with E-state index in [0.717, 1.165) is 5.82 Å². The number of nitrogens with one attached hydrogen (secondary N) is 1. The zero-order valence-electron chi connectivity index (χ0n) is 10.2. The van der Waals surface area contributed by atoms with Crippen molar-refractivity contribution in [2.45, 2.75) is 13.0 Å². The molecule has 0 aliphatic carbocycles. The first-order valence-electron chi connectivity index (χ1n) is 5.56. The highest BCUT2D eigenvalue weighted by Crippen LogP contribution is 2.26. The molecule has 94 valence electrons. The number of anilines is 1. The maximum absolute atomic E-state index is 10.9. The minimum Gasteiger partial charge on any atom is -0.370 e. The molecule has 6 nitrogen and oxygen atoms in total. The van der Waals surface area contributed by atoms with E-state index in [9.17, 15) is 10.1 Å². The van der Waals surface area contributed by atoms with Crippen LogP contribution in [0.1, 0.15) is 18.8 Å². The monoisotopic (exact) mass is 246 g/mol. The second-order valence-corrected chi connectivity index (χ2v) is 4.04. The molecule has 2 aromatic rings. The van der Waals surface area contributed by atoms with Gasteiger partial charge in [0, 0.05) is 25.5 Å². The number of hydrogen-bond donors (Lipinski definition) is 1. The summed E-state index contributed by atoms with van der Waals surface area (Å²) in [6.07, 6.45) is 3.54. The minimum atomic E-state index is -0.395. The van der Waals surface area contributed by atoms with E-state index in [2.05, 4.69) is 10.3 Å². The van der Waals surface area contributed by atoms with Gasteiger partial charge in [0.25, 0.3) is 5.69 Å². The first kappa shape index (κ1) is 12.1. The van der Waals surface area contributed by atoms with Crippen molar-refractivity contribution >= 4 is 11.4 Å². The average molecular weight is 246 g/mol. The smallest absolute Gasteiger partial charge is 0.292 e. The molecule has 1 N–H and O–H groups in total. The lowest BCUT2D eigenvalue weighted by Gasteiger charge is -2.14. The Morgan fingerprint density at radius 2 is 2.17 bits per heavy atom. The molecule has 0 spiro atoms. The van der Waals surface area contributed by atoms with Crippen molar-refractivity contribution in [2.24, 2.45) is 7.05 Å². The fraction of sp³-hybridized carbons (Fsp3) is 0.250. The Morgan fingerprint density at radius 1 is 1.44 bits per heavy atom. The van der Waals surface area contributed by atoms with Crippen molar-refractivity contribution in [2.75, 3.05) is 5.32 Å². The zero-order chi connectivity index (χ0) is 13.1. The predicted octanol–water partition coefficient (Wildman–Crippen LogP) is 2.50. The zero-order valence-corrected chi connectivity index (χ0v) is 10.2. The van der Waals surface area contributed by atoms with Gasteiger partial charge in [-0.25, -0.2) is 4.98 Å². The first-order valence-corrected chi connectivity index (χ1v) is 5.56. The molecular formula is C12H14N4O2. The Morgan fingerprint density at radius 3 is 2.78 bits per heavy atom. The van der Waals surface area contributed by atoms with E-state index in [0.29, 0.717) is 5.69 Å². The molecule has 2 rings (SSSR count). The molecule has 18 heavy (non-hydrogen) atoms. The number of aromatic nitrogens is 2. The fourth-order valence-electron chi connectivity index (χ4n) is 1.85. The van der Waals surface area contributed by atoms with Gasteiger partial charge in [-0.3, -0.25) is 10.1 Å². The molecule has 0 saturated carbocycles. The maximum atomic E-state index is 10.9. The lowest BCUT2D eigenvalue weighted by atomic mass is 10.2. The van der Waals surface area contributed by atoms with E-state index in [-0.39, 0.29) is 11.7 Å². The number of nitrogens with zero attached hydrogens (tertiary/aromatic N) is 3. The van der Waals surface area contributed by atoms with Gasteiger partial charge in [0.05, 0.1) is 11.0 Å². The Hall–Kier alpha value is -2.37. The molecule has 0 fully saturated rings. The lowest BCUT2D eigenvalue weighted by molar-refractivity contribution is -0.384. The van der Waals surface area contributed by atoms with Gasteiger partial charge in [-0.05, 0) is 13.0 Å². The summed E-state index contributed by atoms with van der Waals surface area (Å²) in [7, 11) is 1.89. The van der Waals surface area contributed by atoms with E-state index in [1.807, 2.05) is 24.7 Å². The van der Waals surface area contributed by atoms with Crippen LogP contribution >= 0.6 is 0 Å². The van der Waals surface area contributed by atoms with Crippen LogP contribution in [0.5, 0.6) is 0 Å². The summed E-state index contributed by atoms with van der Waals surface area (Å²) in [5.41, 5.74) is 0.566. The summed E-state index contributed by atoms with van der Waals surface area (Å²) in [5, 5.41) is 14.0. The van der Waals surface area contributed by atoms with Gasteiger partial charge in [0.2, 0.25) is 0 Å². The highest BCUT2D eigenvalue weighted by atomic mass is 16.6. The molecule has 6 heteroatoms. The SMILES string of the molecule is CC(Nc1ccccc1[N+](=O)[O-])c1nccn1C. The maximum Gasteiger partial charge on any atom is 0.292 e. The molecule has 1 aromatic heterocycles. The second-order valence-electron chi connectivity index (χ2n) is 4.04. The summed E-state index contributed by atoms with van der Waals surface area (Å²) in [6, 6.07) is 6.48. The largest absolute Gasteiger partial charge is 0.370 e. The van der Waals surface area contributed by atoms with Crippen LogP contribution in [0.15, 0.2) is 36.7 Å². The molecule has 1 atom stereocenters. The third kappa shape index (κ3) is 2.32. The number of rotatable bonds is 4. The molecule has 0 bridgehead atoms. The number of benzene rings is 1. The van der Waals surface area contributed by atoms with Crippen molar-refractivity contribution in [1.29, 1.82) is 0 Å². The minimum absolute atomic E-state index is 0.0681. The van der Waals surface area contributed by atoms with Crippen molar-refractivity contribution in [3.05, 3.63) is 52.6 Å². The number of nitro groups is 1. The summed E-state index contributed by atoms with van der Waals surface area (Å²) in [4.78, 5) is 14.7. The lowest BCUT2D eigenvalue weighted by Crippen LogP contribution is -2.12. The third-order valence-corrected chi connectivity index (χ3v) is 2.72. The molecule has 0 aliphatic heterocycles. The first-order chi connectivity index (χ1) is 8.59. The predicted molar refractivity (Wildman–Crippen MR) is 68.3 cm³/mol. The van der Waals surface area contributed by atoms with Crippen LogP contribution in [0.25, 0.3) is 0 Å². The van der Waals surface area contributed by atoms with Crippen molar-refractivity contribution in [3.63, 3.8) is 0 Å². The van der Waals surface area contributed by atoms with E-state index in [4.69, 9.17) is 0 Å². The highest BCUT2D eigenvalue weighted by molar-refractivity contribution is 5.61. The number of imidazole rings is 1. The van der Waals surface area contributed by atoms with Crippen molar-refractivity contribution in [1.82, 2.24) is 9.55 Å². The van der Waals surface area contributed by atoms with Gasteiger partial charge in [-0.15, -0.1) is 0 Å². The Labute approximate surface area is 104 Å². The van der Waals surface area contributed by atoms with Gasteiger partial charge in [0.1, 0.15) is 11.5 Å². The molecule has 0 radical (unpaired) electrons. The third-order valence-electron chi connectivity index (χ3n) is 2.72. The van der Waals surface area contributed by atoms with Gasteiger partial charge < -0.3 is 9.88 Å². The quantitative estimate of drug-likeness (QED) is 0.664. The number of para-hydroxylation sites is 2. The Kier molecular flexibility index (Phi) is 3.27. The summed E-state index contributed by atoms with van der Waals surface area (Å²) < 4.78 is 1.88. The average Bonchev–Trinajstić information content (AvgIpc) is 2.76. The molecular weight excluding hydrogens is 232 g/mol. The summed E-state index contributed by atoms with van der Waals surface area (Å²) in [5.74, 6) is 0.827. The topological polar surface area (TPSA) is 73.0 Å². The van der Waals surface area contributed by atoms with Crippen LogP contribution in [0, 0.1) is 10.1 Å². The van der Waals surface area contributed by atoms with E-state index in [1.165, 1.54) is 6.07 Å². The summed E-state index contributed by atoms with van der Waals surface area (Å²) in [6.45, 7) is 1.92. The number of nitro benzene ring substituents is 1. The molecule has 0 aliphatic rings. The van der Waals surface area contributed by atoms with Gasteiger partial charge in [-0.1, -0.05) is 12.1 Å². The normalized spacial score (nSPS) is 12.1. The molecule has 0 saturated heterocycles. The molecule has 1 heterocycles. The van der Waals surface area contributed by atoms with Crippen molar-refractivity contribution in [3.8, 4) is 0 Å². The van der Waals surface area contributed by atoms with E-state index in [1.54, 1.807) is 24.4 Å². The Bertz CT molecular complexity index is 565. The van der Waals surface area contributed by atoms with Crippen LogP contribution in [0.4, 0.5) is 11.4 Å². The van der Waals surface area contributed by atoms with Crippen LogP contribution in [-0.2, 0) is 7.05 Å². The summed E-state index contributed by atoms with van der Waals surface area (Å²) >= 11 is 0. The van der Waals surface area contributed by atoms with Crippen LogP contribution in [-0.4, -0.2) is 14.5 Å². The van der Waals surface area contributed by atoms with Gasteiger partial charge in [0.15, 0.2) is 0 Å². The standard InChI is InChI=1S/C12H14N4O2/c1-9(12-13-7-8-15(12)2)14-10-5-3-4-6-11(10)16(17)18/h3-9,14H,1-2H3. The number of hydrogen-bond acceptors (Lipinski definition) is 4. The van der Waals surface area contributed by atoms with Gasteiger partial charge in [-0.2, -0.15) is 0 Å². The second kappa shape index (κ2) is 4.87. The highest BCUT2D eigenvalue weighted by Gasteiger charge is 2.16. The molecule has 1 aromatic carbocycles. The van der Waals surface area contributed by atoms with Crippen LogP contribution in [0.2, 0.25) is 0 Å². The number of aryl methyl sites for hydroxylation is 1. The van der Waals surface area contributed by atoms with Crippen LogP contribution < -0.4 is 5.32 Å². The Balaban J connectivity index is 2.25. The van der Waals surface area contributed by atoms with E-state index >= 15 is 0 Å². The molecule has 1 unspecified atom stereocenters. The van der Waals surface area contributed by atoms with Crippen LogP contribution in [0.3, 0.4) is 0 Å². The molecule has 0 amide bonds. The van der Waals surface area contributed by atoms with Gasteiger partial charge >= 0.3 is 0 Å². The van der Waals surface area contributed by atoms with E-state index < -0.39 is 4.92 Å². The van der Waals surface area contributed by atoms with Crippen molar-refractivity contribution < 1.29 is 4.92 Å². The fourth-order valence-corrected chi connectivity index (χ4v) is 1.85.